The average molecular weight is 423 g/mol. The molecule has 0 N–H and O–H groups in total. The molecule has 2 aromatic carbocycles. The lowest BCUT2D eigenvalue weighted by Gasteiger charge is -2.42. The number of piperazine rings is 2. The minimum absolute atomic E-state index is 0.0763. The number of rotatable bonds is 6. The summed E-state index contributed by atoms with van der Waals surface area (Å²) in [5.41, 5.74) is 2.39. The first-order valence-electron chi connectivity index (χ1n) is 11.5. The molecule has 0 unspecified atom stereocenters. The van der Waals surface area contributed by atoms with Gasteiger partial charge < -0.3 is 19.4 Å². The second-order valence-electron chi connectivity index (χ2n) is 8.25. The highest BCUT2D eigenvalue weighted by Crippen LogP contribution is 2.29. The van der Waals surface area contributed by atoms with Gasteiger partial charge in [-0.3, -0.25) is 9.69 Å². The molecule has 2 aromatic rings. The summed E-state index contributed by atoms with van der Waals surface area (Å²) in [6.45, 7) is 11.7. The molecule has 1 atom stereocenters. The molecule has 2 saturated heterocycles. The van der Waals surface area contributed by atoms with Gasteiger partial charge in [0, 0.05) is 58.0 Å². The molecule has 0 spiro atoms. The Morgan fingerprint density at radius 1 is 0.839 bits per heavy atom. The highest BCUT2D eigenvalue weighted by molar-refractivity contribution is 5.82. The Morgan fingerprint density at radius 2 is 1.45 bits per heavy atom. The largest absolute Gasteiger partial charge is 0.492 e. The summed E-state index contributed by atoms with van der Waals surface area (Å²) in [5, 5.41) is 0. The summed E-state index contributed by atoms with van der Waals surface area (Å²) in [4.78, 5) is 22.3. The zero-order chi connectivity index (χ0) is 21.6. The third kappa shape index (κ3) is 4.96. The highest BCUT2D eigenvalue weighted by atomic mass is 16.5. The highest BCUT2D eigenvalue weighted by Gasteiger charge is 2.31. The lowest BCUT2D eigenvalue weighted by Crippen LogP contribution is -2.57. The van der Waals surface area contributed by atoms with Crippen molar-refractivity contribution in [3.63, 3.8) is 0 Å². The molecule has 2 heterocycles. The first-order chi connectivity index (χ1) is 15.2. The molecule has 166 valence electrons. The van der Waals surface area contributed by atoms with E-state index in [1.807, 2.05) is 30.0 Å². The first kappa shape index (κ1) is 21.5. The maximum atomic E-state index is 13.2. The number of ether oxygens (including phenoxy) is 1. The van der Waals surface area contributed by atoms with E-state index in [0.717, 1.165) is 63.8 Å². The normalized spacial score (nSPS) is 18.7. The summed E-state index contributed by atoms with van der Waals surface area (Å²) >= 11 is 0. The van der Waals surface area contributed by atoms with Crippen LogP contribution in [0.5, 0.6) is 5.75 Å². The van der Waals surface area contributed by atoms with Crippen LogP contribution >= 0.6 is 0 Å². The van der Waals surface area contributed by atoms with E-state index in [4.69, 9.17) is 4.74 Å². The molecule has 1 amide bonds. The van der Waals surface area contributed by atoms with Crippen molar-refractivity contribution in [2.45, 2.75) is 19.9 Å². The van der Waals surface area contributed by atoms with Gasteiger partial charge in [0.25, 0.3) is 0 Å². The summed E-state index contributed by atoms with van der Waals surface area (Å²) in [6.07, 6.45) is 0. The molecule has 0 saturated carbocycles. The van der Waals surface area contributed by atoms with E-state index in [2.05, 4.69) is 58.0 Å². The number of para-hydroxylation sites is 3. The van der Waals surface area contributed by atoms with Crippen molar-refractivity contribution >= 4 is 17.3 Å². The summed E-state index contributed by atoms with van der Waals surface area (Å²) in [7, 11) is 0. The lowest BCUT2D eigenvalue weighted by atomic mass is 10.1. The Labute approximate surface area is 186 Å². The number of carbonyl (C=O) groups excluding carboxylic acids is 1. The molecule has 0 aromatic heterocycles. The van der Waals surface area contributed by atoms with Crippen molar-refractivity contribution in [3.8, 4) is 5.75 Å². The van der Waals surface area contributed by atoms with Gasteiger partial charge in [0.1, 0.15) is 5.75 Å². The fourth-order valence-corrected chi connectivity index (χ4v) is 4.59. The Kier molecular flexibility index (Phi) is 6.97. The van der Waals surface area contributed by atoms with Crippen molar-refractivity contribution in [1.29, 1.82) is 0 Å². The molecule has 2 aliphatic heterocycles. The Balaban J connectivity index is 1.29. The van der Waals surface area contributed by atoms with Gasteiger partial charge in [-0.15, -0.1) is 0 Å². The van der Waals surface area contributed by atoms with Crippen LogP contribution in [0.1, 0.15) is 13.8 Å². The molecule has 0 aliphatic carbocycles. The van der Waals surface area contributed by atoms with Crippen LogP contribution in [0.15, 0.2) is 54.6 Å². The van der Waals surface area contributed by atoms with E-state index in [1.54, 1.807) is 0 Å². The summed E-state index contributed by atoms with van der Waals surface area (Å²) in [5.74, 6) is 1.20. The zero-order valence-corrected chi connectivity index (χ0v) is 18.7. The van der Waals surface area contributed by atoms with Gasteiger partial charge in [0.15, 0.2) is 0 Å². The predicted molar refractivity (Wildman–Crippen MR) is 126 cm³/mol. The molecule has 0 bridgehead atoms. The van der Waals surface area contributed by atoms with Crippen molar-refractivity contribution in [3.05, 3.63) is 54.6 Å². The van der Waals surface area contributed by atoms with E-state index in [0.29, 0.717) is 6.61 Å². The smallest absolute Gasteiger partial charge is 0.239 e. The molecule has 4 rings (SSSR count). The number of benzene rings is 2. The van der Waals surface area contributed by atoms with E-state index >= 15 is 0 Å². The predicted octanol–water partition coefficient (Wildman–Crippen LogP) is 2.94. The van der Waals surface area contributed by atoms with E-state index in [9.17, 15) is 4.79 Å². The molecule has 6 heteroatoms. The number of hydrogen-bond acceptors (Lipinski definition) is 5. The van der Waals surface area contributed by atoms with Crippen LogP contribution in [-0.2, 0) is 4.79 Å². The monoisotopic (exact) mass is 422 g/mol. The SMILES string of the molecule is CCOc1ccccc1N1CCN([C@@H](C)C(=O)N2CCN(c3ccccc3)CC2)CC1. The van der Waals surface area contributed by atoms with Crippen LogP contribution in [-0.4, -0.2) is 80.7 Å². The number of anilines is 2. The quantitative estimate of drug-likeness (QED) is 0.716. The Hall–Kier alpha value is -2.73. The Morgan fingerprint density at radius 3 is 2.13 bits per heavy atom. The molecule has 2 aliphatic rings. The lowest BCUT2D eigenvalue weighted by molar-refractivity contribution is -0.136. The molecular formula is C25H34N4O2. The van der Waals surface area contributed by atoms with Crippen LogP contribution < -0.4 is 14.5 Å². The third-order valence-corrected chi connectivity index (χ3v) is 6.44. The zero-order valence-electron chi connectivity index (χ0n) is 18.7. The van der Waals surface area contributed by atoms with Crippen molar-refractivity contribution < 1.29 is 9.53 Å². The second-order valence-corrected chi connectivity index (χ2v) is 8.25. The van der Waals surface area contributed by atoms with Gasteiger partial charge in [-0.2, -0.15) is 0 Å². The fraction of sp³-hybridized carbons (Fsp3) is 0.480. The topological polar surface area (TPSA) is 39.3 Å². The van der Waals surface area contributed by atoms with E-state index in [-0.39, 0.29) is 11.9 Å². The number of amides is 1. The molecule has 0 radical (unpaired) electrons. The molecule has 31 heavy (non-hydrogen) atoms. The molecule has 2 fully saturated rings. The van der Waals surface area contributed by atoms with Crippen molar-refractivity contribution in [2.75, 3.05) is 68.8 Å². The van der Waals surface area contributed by atoms with Gasteiger partial charge in [0.05, 0.1) is 18.3 Å². The maximum absolute atomic E-state index is 13.2. The van der Waals surface area contributed by atoms with Crippen molar-refractivity contribution in [2.24, 2.45) is 0 Å². The van der Waals surface area contributed by atoms with Gasteiger partial charge >= 0.3 is 0 Å². The van der Waals surface area contributed by atoms with Crippen molar-refractivity contribution in [1.82, 2.24) is 9.80 Å². The number of nitrogens with zero attached hydrogens (tertiary/aromatic N) is 4. The number of hydrogen-bond donors (Lipinski definition) is 0. The van der Waals surface area contributed by atoms with Gasteiger partial charge in [0.2, 0.25) is 5.91 Å². The van der Waals surface area contributed by atoms with Gasteiger partial charge in [-0.05, 0) is 38.1 Å². The first-order valence-corrected chi connectivity index (χ1v) is 11.5. The van der Waals surface area contributed by atoms with Gasteiger partial charge in [-0.25, -0.2) is 0 Å². The maximum Gasteiger partial charge on any atom is 0.239 e. The van der Waals surface area contributed by atoms with E-state index < -0.39 is 0 Å². The molecular weight excluding hydrogens is 388 g/mol. The van der Waals surface area contributed by atoms with Crippen LogP contribution in [0.4, 0.5) is 11.4 Å². The average Bonchev–Trinajstić information content (AvgIpc) is 2.84. The minimum Gasteiger partial charge on any atom is -0.492 e. The fourth-order valence-electron chi connectivity index (χ4n) is 4.59. The van der Waals surface area contributed by atoms with Crippen LogP contribution in [0, 0.1) is 0 Å². The minimum atomic E-state index is -0.0763. The third-order valence-electron chi connectivity index (χ3n) is 6.44. The molecule has 6 nitrogen and oxygen atoms in total. The standard InChI is InChI=1S/C25H34N4O2/c1-3-31-24-12-8-7-11-23(24)28-17-13-26(14-18-28)21(2)25(30)29-19-15-27(16-20-29)22-9-5-4-6-10-22/h4-12,21H,3,13-20H2,1-2H3/t21-/m0/s1. The van der Waals surface area contributed by atoms with Crippen LogP contribution in [0.3, 0.4) is 0 Å². The summed E-state index contributed by atoms with van der Waals surface area (Å²) < 4.78 is 5.80. The second kappa shape index (κ2) is 10.1. The summed E-state index contributed by atoms with van der Waals surface area (Å²) in [6, 6.07) is 18.6. The van der Waals surface area contributed by atoms with Crippen LogP contribution in [0.2, 0.25) is 0 Å². The van der Waals surface area contributed by atoms with Gasteiger partial charge in [-0.1, -0.05) is 30.3 Å². The Bertz CT molecular complexity index is 844. The van der Waals surface area contributed by atoms with Crippen LogP contribution in [0.25, 0.3) is 0 Å². The number of carbonyl (C=O) groups is 1. The van der Waals surface area contributed by atoms with E-state index in [1.165, 1.54) is 5.69 Å².